The van der Waals surface area contributed by atoms with E-state index in [1.165, 1.54) is 4.90 Å². The molecule has 0 radical (unpaired) electrons. The van der Waals surface area contributed by atoms with Crippen LogP contribution >= 0.6 is 0 Å². The molecule has 0 fully saturated rings. The molecule has 8 heteroatoms. The normalized spacial score (nSPS) is 12.8. The number of nitrogens with zero attached hydrogens (tertiary/aromatic N) is 2. The average Bonchev–Trinajstić information content (AvgIpc) is 2.80. The zero-order valence-electron chi connectivity index (χ0n) is 22.6. The minimum absolute atomic E-state index is 0.0860. The molecule has 1 N–H and O–H groups in total. The standard InChI is InChI=1S/C28H41N3O4S/c1-21(2)19-29-27(33)22(3)30(18-17-23-11-9-8-10-12-23)26(32)20-31(36(7,34)35)25-15-13-24(14-16-25)28(4,5)6/h8-16,21-22H,17-20H2,1-7H3,(H,29,33)/t22-/m0/s1. The third-order valence-corrected chi connectivity index (χ3v) is 7.18. The zero-order valence-corrected chi connectivity index (χ0v) is 23.4. The summed E-state index contributed by atoms with van der Waals surface area (Å²) in [5.41, 5.74) is 2.42. The van der Waals surface area contributed by atoms with Crippen LogP contribution in [0.1, 0.15) is 52.7 Å². The van der Waals surface area contributed by atoms with E-state index in [-0.39, 0.29) is 23.8 Å². The second-order valence-corrected chi connectivity index (χ2v) is 12.6. The van der Waals surface area contributed by atoms with E-state index in [1.54, 1.807) is 19.1 Å². The number of rotatable bonds is 11. The predicted octanol–water partition coefficient (Wildman–Crippen LogP) is 3.98. The molecule has 0 heterocycles. The summed E-state index contributed by atoms with van der Waals surface area (Å²) in [5.74, 6) is -0.416. The Morgan fingerprint density at radius 1 is 0.944 bits per heavy atom. The van der Waals surface area contributed by atoms with Gasteiger partial charge in [0.05, 0.1) is 11.9 Å². The second kappa shape index (κ2) is 12.4. The molecule has 7 nitrogen and oxygen atoms in total. The first-order valence-corrected chi connectivity index (χ1v) is 14.2. The number of benzene rings is 2. The quantitative estimate of drug-likeness (QED) is 0.490. The summed E-state index contributed by atoms with van der Waals surface area (Å²) >= 11 is 0. The van der Waals surface area contributed by atoms with Crippen molar-refractivity contribution in [3.8, 4) is 0 Å². The SMILES string of the molecule is CC(C)CNC(=O)[C@H](C)N(CCc1ccccc1)C(=O)CN(c1ccc(C(C)(C)C)cc1)S(C)(=O)=O. The van der Waals surface area contributed by atoms with Crippen molar-refractivity contribution in [2.75, 3.05) is 30.2 Å². The summed E-state index contributed by atoms with van der Waals surface area (Å²) < 4.78 is 26.5. The maximum Gasteiger partial charge on any atom is 0.244 e. The van der Waals surface area contributed by atoms with Crippen molar-refractivity contribution in [3.05, 3.63) is 65.7 Å². The molecule has 198 valence electrons. The third-order valence-electron chi connectivity index (χ3n) is 6.04. The van der Waals surface area contributed by atoms with Crippen LogP contribution in [0.15, 0.2) is 54.6 Å². The Balaban J connectivity index is 2.31. The van der Waals surface area contributed by atoms with Crippen LogP contribution in [0, 0.1) is 5.92 Å². The van der Waals surface area contributed by atoms with Gasteiger partial charge in [0.15, 0.2) is 0 Å². The molecule has 1 atom stereocenters. The molecule has 0 aliphatic rings. The van der Waals surface area contributed by atoms with Gasteiger partial charge in [-0.15, -0.1) is 0 Å². The number of amides is 2. The van der Waals surface area contributed by atoms with Gasteiger partial charge in [0, 0.05) is 13.1 Å². The highest BCUT2D eigenvalue weighted by Crippen LogP contribution is 2.26. The highest BCUT2D eigenvalue weighted by Gasteiger charge is 2.30. The summed E-state index contributed by atoms with van der Waals surface area (Å²) in [6.07, 6.45) is 1.64. The molecular weight excluding hydrogens is 474 g/mol. The zero-order chi connectivity index (χ0) is 27.1. The summed E-state index contributed by atoms with van der Waals surface area (Å²) in [6.45, 7) is 12.3. The fourth-order valence-electron chi connectivity index (χ4n) is 3.76. The Bertz CT molecular complexity index is 1110. The largest absolute Gasteiger partial charge is 0.354 e. The van der Waals surface area contributed by atoms with E-state index >= 15 is 0 Å². The maximum atomic E-state index is 13.5. The summed E-state index contributed by atoms with van der Waals surface area (Å²) in [7, 11) is -3.74. The lowest BCUT2D eigenvalue weighted by Crippen LogP contribution is -2.52. The summed E-state index contributed by atoms with van der Waals surface area (Å²) in [6, 6.07) is 16.2. The molecule has 2 rings (SSSR count). The van der Waals surface area contributed by atoms with Gasteiger partial charge in [-0.05, 0) is 47.9 Å². The van der Waals surface area contributed by atoms with Gasteiger partial charge < -0.3 is 10.2 Å². The Morgan fingerprint density at radius 3 is 2.03 bits per heavy atom. The van der Waals surface area contributed by atoms with Gasteiger partial charge in [0.2, 0.25) is 21.8 Å². The monoisotopic (exact) mass is 515 g/mol. The highest BCUT2D eigenvalue weighted by molar-refractivity contribution is 7.92. The molecule has 0 saturated heterocycles. The first-order valence-electron chi connectivity index (χ1n) is 12.4. The number of sulfonamides is 1. The third kappa shape index (κ3) is 8.66. The molecule has 0 saturated carbocycles. The molecule has 0 spiro atoms. The average molecular weight is 516 g/mol. The Kier molecular flexibility index (Phi) is 10.1. The lowest BCUT2D eigenvalue weighted by atomic mass is 9.87. The van der Waals surface area contributed by atoms with Crippen LogP contribution < -0.4 is 9.62 Å². The van der Waals surface area contributed by atoms with Crippen LogP contribution in [0.2, 0.25) is 0 Å². The molecule has 36 heavy (non-hydrogen) atoms. The van der Waals surface area contributed by atoms with Crippen molar-refractivity contribution < 1.29 is 18.0 Å². The number of hydrogen-bond donors (Lipinski definition) is 1. The number of anilines is 1. The minimum atomic E-state index is -3.74. The van der Waals surface area contributed by atoms with E-state index in [0.717, 1.165) is 21.7 Å². The van der Waals surface area contributed by atoms with E-state index in [0.29, 0.717) is 25.2 Å². The van der Waals surface area contributed by atoms with Crippen molar-refractivity contribution in [2.24, 2.45) is 5.92 Å². The van der Waals surface area contributed by atoms with Crippen LogP contribution in [0.25, 0.3) is 0 Å². The van der Waals surface area contributed by atoms with Gasteiger partial charge in [-0.2, -0.15) is 0 Å². The number of carbonyl (C=O) groups is 2. The van der Waals surface area contributed by atoms with Crippen molar-refractivity contribution in [3.63, 3.8) is 0 Å². The van der Waals surface area contributed by atoms with Crippen LogP contribution in [0.5, 0.6) is 0 Å². The molecular formula is C28H41N3O4S. The minimum Gasteiger partial charge on any atom is -0.354 e. The van der Waals surface area contributed by atoms with Gasteiger partial charge in [-0.3, -0.25) is 13.9 Å². The molecule has 0 aromatic heterocycles. The fourth-order valence-corrected chi connectivity index (χ4v) is 4.61. The van der Waals surface area contributed by atoms with Crippen LogP contribution in [-0.4, -0.2) is 57.1 Å². The van der Waals surface area contributed by atoms with Crippen LogP contribution in [-0.2, 0) is 31.4 Å². The van der Waals surface area contributed by atoms with Gasteiger partial charge in [0.25, 0.3) is 0 Å². The van der Waals surface area contributed by atoms with Crippen LogP contribution in [0.4, 0.5) is 5.69 Å². The molecule has 2 aromatic rings. The van der Waals surface area contributed by atoms with Crippen molar-refractivity contribution in [2.45, 2.75) is 59.4 Å². The molecule has 0 aliphatic heterocycles. The van der Waals surface area contributed by atoms with E-state index < -0.39 is 22.0 Å². The van der Waals surface area contributed by atoms with Crippen molar-refractivity contribution in [1.82, 2.24) is 10.2 Å². The molecule has 2 amide bonds. The van der Waals surface area contributed by atoms with Crippen molar-refractivity contribution >= 4 is 27.5 Å². The van der Waals surface area contributed by atoms with E-state index in [4.69, 9.17) is 0 Å². The smallest absolute Gasteiger partial charge is 0.244 e. The summed E-state index contributed by atoms with van der Waals surface area (Å²) in [4.78, 5) is 27.9. The molecule has 0 bridgehead atoms. The lowest BCUT2D eigenvalue weighted by Gasteiger charge is -2.31. The second-order valence-electron chi connectivity index (χ2n) is 10.7. The Hall–Kier alpha value is -2.87. The van der Waals surface area contributed by atoms with Gasteiger partial charge >= 0.3 is 0 Å². The molecule has 2 aromatic carbocycles. The number of carbonyl (C=O) groups excluding carboxylic acids is 2. The number of hydrogen-bond acceptors (Lipinski definition) is 4. The van der Waals surface area contributed by atoms with Gasteiger partial charge in [-0.1, -0.05) is 77.1 Å². The van der Waals surface area contributed by atoms with E-state index in [9.17, 15) is 18.0 Å². The van der Waals surface area contributed by atoms with Crippen LogP contribution in [0.3, 0.4) is 0 Å². The summed E-state index contributed by atoms with van der Waals surface area (Å²) in [5, 5.41) is 2.89. The van der Waals surface area contributed by atoms with Crippen molar-refractivity contribution in [1.29, 1.82) is 0 Å². The topological polar surface area (TPSA) is 86.8 Å². The Morgan fingerprint density at radius 2 is 1.53 bits per heavy atom. The highest BCUT2D eigenvalue weighted by atomic mass is 32.2. The van der Waals surface area contributed by atoms with Gasteiger partial charge in [0.1, 0.15) is 12.6 Å². The maximum absolute atomic E-state index is 13.5. The first kappa shape index (κ1) is 29.4. The van der Waals surface area contributed by atoms with E-state index in [1.807, 2.05) is 56.3 Å². The van der Waals surface area contributed by atoms with E-state index in [2.05, 4.69) is 26.1 Å². The Labute approximate surface area is 216 Å². The lowest BCUT2D eigenvalue weighted by molar-refractivity contribution is -0.138. The predicted molar refractivity (Wildman–Crippen MR) is 147 cm³/mol. The van der Waals surface area contributed by atoms with Gasteiger partial charge in [-0.25, -0.2) is 8.42 Å². The first-order chi connectivity index (χ1) is 16.7. The number of nitrogens with one attached hydrogen (secondary N) is 1. The molecule has 0 unspecified atom stereocenters. The molecule has 0 aliphatic carbocycles. The fraction of sp³-hybridized carbons (Fsp3) is 0.500.